The summed E-state index contributed by atoms with van der Waals surface area (Å²) in [4.78, 5) is 32.9. The fraction of sp³-hybridized carbons (Fsp3) is 0. The van der Waals surface area contributed by atoms with Gasteiger partial charge in [-0.1, -0.05) is 6.07 Å². The zero-order valence-corrected chi connectivity index (χ0v) is 18.6. The summed E-state index contributed by atoms with van der Waals surface area (Å²) in [7, 11) is -3.86. The summed E-state index contributed by atoms with van der Waals surface area (Å²) in [5.41, 5.74) is 1.36. The van der Waals surface area contributed by atoms with E-state index in [2.05, 4.69) is 25.3 Å². The van der Waals surface area contributed by atoms with E-state index in [0.717, 1.165) is 0 Å². The molecule has 0 radical (unpaired) electrons. The lowest BCUT2D eigenvalue weighted by atomic mass is 10.2. The molecule has 0 unspecified atom stereocenters. The van der Waals surface area contributed by atoms with Crippen molar-refractivity contribution in [3.05, 3.63) is 94.9 Å². The van der Waals surface area contributed by atoms with Crippen molar-refractivity contribution in [2.45, 2.75) is 4.90 Å². The molecule has 0 aliphatic rings. The molecular weight excluding hydrogens is 462 g/mol. The van der Waals surface area contributed by atoms with E-state index < -0.39 is 10.0 Å². The van der Waals surface area contributed by atoms with Crippen molar-refractivity contribution in [1.82, 2.24) is 9.97 Å². The number of carbonyl (C=O) groups is 2. The lowest BCUT2D eigenvalue weighted by molar-refractivity contribution is 0.102. The van der Waals surface area contributed by atoms with Crippen molar-refractivity contribution in [2.75, 3.05) is 15.4 Å². The van der Waals surface area contributed by atoms with Gasteiger partial charge in [-0.25, -0.2) is 23.1 Å². The maximum absolute atomic E-state index is 12.5. The van der Waals surface area contributed by atoms with E-state index >= 15 is 0 Å². The molecule has 0 atom stereocenters. The van der Waals surface area contributed by atoms with Crippen molar-refractivity contribution in [1.29, 1.82) is 0 Å². The van der Waals surface area contributed by atoms with E-state index in [4.69, 9.17) is 0 Å². The Hall–Kier alpha value is -4.09. The van der Waals surface area contributed by atoms with Crippen molar-refractivity contribution in [3.63, 3.8) is 0 Å². The van der Waals surface area contributed by atoms with Crippen molar-refractivity contribution in [2.24, 2.45) is 0 Å². The summed E-state index contributed by atoms with van der Waals surface area (Å²) < 4.78 is 27.1. The first-order chi connectivity index (χ1) is 15.9. The van der Waals surface area contributed by atoms with E-state index in [1.165, 1.54) is 48.0 Å². The Labute approximate surface area is 193 Å². The van der Waals surface area contributed by atoms with Gasteiger partial charge >= 0.3 is 0 Å². The lowest BCUT2D eigenvalue weighted by Gasteiger charge is -2.09. The minimum absolute atomic E-state index is 0.00112. The predicted octanol–water partition coefficient (Wildman–Crippen LogP) is 3.84. The number of benzene rings is 2. The van der Waals surface area contributed by atoms with E-state index in [-0.39, 0.29) is 22.7 Å². The molecule has 0 saturated carbocycles. The topological polar surface area (TPSA) is 130 Å². The normalized spacial score (nSPS) is 10.9. The van der Waals surface area contributed by atoms with Crippen molar-refractivity contribution in [3.8, 4) is 0 Å². The second-order valence-corrected chi connectivity index (χ2v) is 9.30. The molecule has 0 bridgehead atoms. The third-order valence-electron chi connectivity index (χ3n) is 4.36. The summed E-state index contributed by atoms with van der Waals surface area (Å²) in [5, 5.41) is 7.29. The Balaban J connectivity index is 1.38. The SMILES string of the molecule is O=C(Nc1ccc(S(=O)(=O)Nc2ncccn2)cc1)c1ccc(NC(=O)c2cccs2)cc1. The molecular formula is C22H17N5O4S2. The first kappa shape index (κ1) is 22.1. The fourth-order valence-corrected chi connectivity index (χ4v) is 4.33. The fourth-order valence-electron chi connectivity index (χ4n) is 2.76. The predicted molar refractivity (Wildman–Crippen MR) is 126 cm³/mol. The van der Waals surface area contributed by atoms with Crippen LogP contribution in [0.2, 0.25) is 0 Å². The Morgan fingerprint density at radius 3 is 1.97 bits per heavy atom. The van der Waals surface area contributed by atoms with Gasteiger partial charge in [0, 0.05) is 29.3 Å². The number of nitrogens with zero attached hydrogens (tertiary/aromatic N) is 2. The van der Waals surface area contributed by atoms with Crippen LogP contribution in [0.1, 0.15) is 20.0 Å². The Bertz CT molecular complexity index is 1360. The molecule has 2 heterocycles. The average Bonchev–Trinajstić information content (AvgIpc) is 3.36. The summed E-state index contributed by atoms with van der Waals surface area (Å²) in [6.45, 7) is 0. The molecule has 0 spiro atoms. The second kappa shape index (κ2) is 9.59. The number of hydrogen-bond donors (Lipinski definition) is 3. The van der Waals surface area contributed by atoms with Crippen LogP contribution in [0.15, 0.2) is 89.4 Å². The molecule has 2 aromatic carbocycles. The number of anilines is 3. The first-order valence-corrected chi connectivity index (χ1v) is 11.9. The highest BCUT2D eigenvalue weighted by Gasteiger charge is 2.16. The van der Waals surface area contributed by atoms with Gasteiger partial charge in [0.1, 0.15) is 0 Å². The van der Waals surface area contributed by atoms with E-state index in [1.54, 1.807) is 42.5 Å². The number of sulfonamides is 1. The molecule has 2 aromatic heterocycles. The van der Waals surface area contributed by atoms with Gasteiger partial charge < -0.3 is 10.6 Å². The maximum Gasteiger partial charge on any atom is 0.265 e. The molecule has 2 amide bonds. The van der Waals surface area contributed by atoms with Gasteiger partial charge in [-0.15, -0.1) is 11.3 Å². The van der Waals surface area contributed by atoms with Crippen LogP contribution in [0.25, 0.3) is 0 Å². The molecule has 0 aliphatic carbocycles. The first-order valence-electron chi connectivity index (χ1n) is 9.57. The number of nitrogens with one attached hydrogen (secondary N) is 3. The lowest BCUT2D eigenvalue weighted by Crippen LogP contribution is -2.15. The van der Waals surface area contributed by atoms with Gasteiger partial charge in [0.15, 0.2) is 0 Å². The molecule has 4 rings (SSSR count). The van der Waals surface area contributed by atoms with Crippen LogP contribution in [-0.4, -0.2) is 30.2 Å². The highest BCUT2D eigenvalue weighted by atomic mass is 32.2. The highest BCUT2D eigenvalue weighted by Crippen LogP contribution is 2.18. The van der Waals surface area contributed by atoms with Crippen LogP contribution in [0.5, 0.6) is 0 Å². The average molecular weight is 480 g/mol. The molecule has 9 nitrogen and oxygen atoms in total. The molecule has 33 heavy (non-hydrogen) atoms. The number of amides is 2. The monoisotopic (exact) mass is 479 g/mol. The minimum Gasteiger partial charge on any atom is -0.322 e. The summed E-state index contributed by atoms with van der Waals surface area (Å²) in [6.07, 6.45) is 2.85. The maximum atomic E-state index is 12.5. The second-order valence-electron chi connectivity index (χ2n) is 6.67. The van der Waals surface area contributed by atoms with Gasteiger partial charge in [-0.3, -0.25) is 9.59 Å². The molecule has 11 heteroatoms. The third kappa shape index (κ3) is 5.59. The van der Waals surface area contributed by atoms with Gasteiger partial charge in [0.05, 0.1) is 9.77 Å². The van der Waals surface area contributed by atoms with Crippen LogP contribution in [0.3, 0.4) is 0 Å². The number of rotatable bonds is 7. The van der Waals surface area contributed by atoms with Gasteiger partial charge in [0.25, 0.3) is 21.8 Å². The van der Waals surface area contributed by atoms with E-state index in [9.17, 15) is 18.0 Å². The Kier molecular flexibility index (Phi) is 6.43. The number of aromatic nitrogens is 2. The Morgan fingerprint density at radius 1 is 0.758 bits per heavy atom. The molecule has 4 aromatic rings. The summed E-state index contributed by atoms with van der Waals surface area (Å²) in [5.74, 6) is -0.631. The number of thiophene rings is 1. The van der Waals surface area contributed by atoms with E-state index in [1.807, 2.05) is 5.38 Å². The number of hydrogen-bond acceptors (Lipinski definition) is 7. The quantitative estimate of drug-likeness (QED) is 0.369. The standard InChI is InChI=1S/C22H17N5O4S2/c28-20(15-4-6-16(7-5-15)26-21(29)19-3-1-14-32-19)25-17-8-10-18(11-9-17)33(30,31)27-22-23-12-2-13-24-22/h1-14H,(H,25,28)(H,26,29)(H,23,24,27). The molecule has 166 valence electrons. The summed E-state index contributed by atoms with van der Waals surface area (Å²) in [6, 6.07) is 17.2. The van der Waals surface area contributed by atoms with Crippen LogP contribution < -0.4 is 15.4 Å². The largest absolute Gasteiger partial charge is 0.322 e. The highest BCUT2D eigenvalue weighted by molar-refractivity contribution is 7.92. The number of carbonyl (C=O) groups excluding carboxylic acids is 2. The zero-order valence-electron chi connectivity index (χ0n) is 16.9. The Morgan fingerprint density at radius 2 is 1.36 bits per heavy atom. The molecule has 0 fully saturated rings. The molecule has 0 saturated heterocycles. The van der Waals surface area contributed by atoms with Gasteiger partial charge in [0.2, 0.25) is 5.95 Å². The van der Waals surface area contributed by atoms with Crippen LogP contribution in [0.4, 0.5) is 17.3 Å². The van der Waals surface area contributed by atoms with Crippen molar-refractivity contribution < 1.29 is 18.0 Å². The third-order valence-corrected chi connectivity index (χ3v) is 6.58. The van der Waals surface area contributed by atoms with Crippen LogP contribution >= 0.6 is 11.3 Å². The van der Waals surface area contributed by atoms with Crippen molar-refractivity contribution >= 4 is 50.5 Å². The van der Waals surface area contributed by atoms with Gasteiger partial charge in [-0.05, 0) is 66.0 Å². The van der Waals surface area contributed by atoms with E-state index in [0.29, 0.717) is 21.8 Å². The van der Waals surface area contributed by atoms with Crippen LogP contribution in [-0.2, 0) is 10.0 Å². The smallest absolute Gasteiger partial charge is 0.265 e. The minimum atomic E-state index is -3.86. The summed E-state index contributed by atoms with van der Waals surface area (Å²) >= 11 is 1.34. The molecule has 0 aliphatic heterocycles. The van der Waals surface area contributed by atoms with Crippen LogP contribution in [0, 0.1) is 0 Å². The van der Waals surface area contributed by atoms with Gasteiger partial charge in [-0.2, -0.15) is 0 Å². The zero-order chi connectivity index (χ0) is 23.3. The molecule has 3 N–H and O–H groups in total.